The molecule has 1 saturated carbocycles. The molecule has 2 fully saturated rings. The lowest BCUT2D eigenvalue weighted by Gasteiger charge is -2.17. The molecule has 1 aliphatic carbocycles. The molecule has 0 spiro atoms. The normalized spacial score (nSPS) is 16.5. The molecule has 4 N–H and O–H groups in total. The van der Waals surface area contributed by atoms with E-state index in [1.807, 2.05) is 6.07 Å². The monoisotopic (exact) mass is 533 g/mol. The number of anilines is 5. The Morgan fingerprint density at radius 2 is 1.74 bits per heavy atom. The highest BCUT2D eigenvalue weighted by atomic mass is 19.4. The minimum Gasteiger partial charge on any atom is -0.382 e. The molecular formula is C27H22F3N7O2. The number of nitrogens with one attached hydrogen (secondary N) is 4. The van der Waals surface area contributed by atoms with E-state index in [2.05, 4.69) is 31.3 Å². The van der Waals surface area contributed by atoms with E-state index in [4.69, 9.17) is 0 Å². The number of benzene rings is 2. The Balaban J connectivity index is 1.31. The Morgan fingerprint density at radius 1 is 1.00 bits per heavy atom. The molecular weight excluding hydrogens is 511 g/mol. The second-order valence-electron chi connectivity index (χ2n) is 9.42. The van der Waals surface area contributed by atoms with Gasteiger partial charge in [-0.3, -0.25) is 14.9 Å². The average Bonchev–Trinajstić information content (AvgIpc) is 3.52. The van der Waals surface area contributed by atoms with Crippen LogP contribution in [0.15, 0.2) is 66.5 Å². The van der Waals surface area contributed by atoms with E-state index < -0.39 is 17.6 Å². The summed E-state index contributed by atoms with van der Waals surface area (Å²) in [5.41, 5.74) is 2.36. The average molecular weight is 534 g/mol. The number of carbonyl (C=O) groups excluding carboxylic acids is 2. The van der Waals surface area contributed by atoms with E-state index in [-0.39, 0.29) is 18.0 Å². The number of nitrogens with zero attached hydrogens (tertiary/aromatic N) is 3. The fourth-order valence-corrected chi connectivity index (χ4v) is 4.33. The Bertz CT molecular complexity index is 1640. The number of carbonyl (C=O) groups is 2. The van der Waals surface area contributed by atoms with Crippen molar-refractivity contribution in [2.24, 2.45) is 0 Å². The first-order valence-corrected chi connectivity index (χ1v) is 12.2. The lowest BCUT2D eigenvalue weighted by atomic mass is 10.1. The molecule has 0 bridgehead atoms. The number of alkyl halides is 3. The van der Waals surface area contributed by atoms with E-state index in [9.17, 15) is 22.8 Å². The maximum atomic E-state index is 13.6. The molecule has 2 aromatic heterocycles. The summed E-state index contributed by atoms with van der Waals surface area (Å²) in [5.74, 6) is -0.347. The standard InChI is InChI=1S/C27H22F3N7O2/c28-27(29,30)21-3-1-2-4-22(21)33-19-11-18(32-17-5-6-17)12-20(13-19)34-23-7-8-37-25(35-23)16(14-31-37)9-15-10-24(38)36-26(15)39/h1-4,7-9,11-14,17,32-33H,5-6,10H2,(H,34,35)(H,36,38,39)/b15-9-. The summed E-state index contributed by atoms with van der Waals surface area (Å²) in [4.78, 5) is 28.1. The van der Waals surface area contributed by atoms with Gasteiger partial charge in [0.15, 0.2) is 5.65 Å². The Morgan fingerprint density at radius 3 is 2.46 bits per heavy atom. The summed E-state index contributed by atoms with van der Waals surface area (Å²) >= 11 is 0. The van der Waals surface area contributed by atoms with E-state index in [0.29, 0.717) is 40.0 Å². The van der Waals surface area contributed by atoms with Crippen molar-refractivity contribution >= 4 is 52.1 Å². The minimum absolute atomic E-state index is 0.0118. The van der Waals surface area contributed by atoms with E-state index >= 15 is 0 Å². The number of aromatic nitrogens is 3. The van der Waals surface area contributed by atoms with Gasteiger partial charge < -0.3 is 16.0 Å². The number of halogens is 3. The van der Waals surface area contributed by atoms with E-state index in [1.54, 1.807) is 47.3 Å². The van der Waals surface area contributed by atoms with Gasteiger partial charge in [0.25, 0.3) is 5.91 Å². The number of hydrogen-bond donors (Lipinski definition) is 4. The van der Waals surface area contributed by atoms with Crippen LogP contribution in [-0.4, -0.2) is 32.5 Å². The van der Waals surface area contributed by atoms with Crippen LogP contribution in [0.3, 0.4) is 0 Å². The Kier molecular flexibility index (Phi) is 5.93. The molecule has 9 nitrogen and oxygen atoms in total. The third-order valence-corrected chi connectivity index (χ3v) is 6.29. The first-order chi connectivity index (χ1) is 18.7. The summed E-state index contributed by atoms with van der Waals surface area (Å²) in [6, 6.07) is 12.7. The van der Waals surface area contributed by atoms with Crippen LogP contribution < -0.4 is 21.3 Å². The van der Waals surface area contributed by atoms with Gasteiger partial charge in [-0.15, -0.1) is 0 Å². The Labute approximate surface area is 220 Å². The highest BCUT2D eigenvalue weighted by Gasteiger charge is 2.33. The van der Waals surface area contributed by atoms with Gasteiger partial charge in [-0.25, -0.2) is 9.50 Å². The highest BCUT2D eigenvalue weighted by Crippen LogP contribution is 2.37. The van der Waals surface area contributed by atoms with Crippen LogP contribution in [0.2, 0.25) is 0 Å². The first-order valence-electron chi connectivity index (χ1n) is 12.2. The van der Waals surface area contributed by atoms with Gasteiger partial charge in [0.05, 0.1) is 23.9 Å². The van der Waals surface area contributed by atoms with Crippen LogP contribution in [-0.2, 0) is 15.8 Å². The number of hydrogen-bond acceptors (Lipinski definition) is 7. The van der Waals surface area contributed by atoms with Crippen molar-refractivity contribution in [1.29, 1.82) is 0 Å². The fraction of sp³-hybridized carbons (Fsp3) is 0.185. The number of amides is 2. The second kappa shape index (κ2) is 9.46. The molecule has 2 aromatic carbocycles. The molecule has 12 heteroatoms. The lowest BCUT2D eigenvalue weighted by Crippen LogP contribution is -2.19. The molecule has 2 aliphatic rings. The predicted octanol–water partition coefficient (Wildman–Crippen LogP) is 5.24. The van der Waals surface area contributed by atoms with Crippen LogP contribution >= 0.6 is 0 Å². The summed E-state index contributed by atoms with van der Waals surface area (Å²) in [7, 11) is 0. The minimum atomic E-state index is -4.50. The SMILES string of the molecule is O=C1C/C(=C/c2cnn3ccc(Nc4cc(Nc5ccccc5C(F)(F)F)cc(NC5CC5)c4)nc23)C(=O)N1. The topological polar surface area (TPSA) is 112 Å². The number of imide groups is 1. The van der Waals surface area contributed by atoms with Crippen LogP contribution in [0.4, 0.5) is 41.7 Å². The zero-order chi connectivity index (χ0) is 27.1. The number of fused-ring (bicyclic) bond motifs is 1. The predicted molar refractivity (Wildman–Crippen MR) is 140 cm³/mol. The van der Waals surface area contributed by atoms with Crippen LogP contribution in [0.5, 0.6) is 0 Å². The van der Waals surface area contributed by atoms with Crippen LogP contribution in [0.25, 0.3) is 11.7 Å². The van der Waals surface area contributed by atoms with Gasteiger partial charge in [-0.2, -0.15) is 18.3 Å². The highest BCUT2D eigenvalue weighted by molar-refractivity contribution is 6.15. The van der Waals surface area contributed by atoms with Gasteiger partial charge >= 0.3 is 6.18 Å². The maximum Gasteiger partial charge on any atom is 0.418 e. The molecule has 0 radical (unpaired) electrons. The third kappa shape index (κ3) is 5.40. The molecule has 4 aromatic rings. The third-order valence-electron chi connectivity index (χ3n) is 6.29. The molecule has 0 unspecified atom stereocenters. The molecule has 6 rings (SSSR count). The van der Waals surface area contributed by atoms with E-state index in [1.165, 1.54) is 12.1 Å². The Hall–Kier alpha value is -4.87. The van der Waals surface area contributed by atoms with Gasteiger partial charge in [-0.1, -0.05) is 12.1 Å². The summed E-state index contributed by atoms with van der Waals surface area (Å²) in [6.45, 7) is 0. The number of rotatable bonds is 7. The zero-order valence-electron chi connectivity index (χ0n) is 20.3. The van der Waals surface area contributed by atoms with Crippen LogP contribution in [0, 0.1) is 0 Å². The van der Waals surface area contributed by atoms with Crippen molar-refractivity contribution in [2.45, 2.75) is 31.5 Å². The second-order valence-corrected chi connectivity index (χ2v) is 9.42. The van der Waals surface area contributed by atoms with Crippen molar-refractivity contribution < 1.29 is 22.8 Å². The van der Waals surface area contributed by atoms with Gasteiger partial charge in [0.2, 0.25) is 5.91 Å². The van der Waals surface area contributed by atoms with Crippen LogP contribution in [0.1, 0.15) is 30.4 Å². The maximum absolute atomic E-state index is 13.6. The zero-order valence-corrected chi connectivity index (χ0v) is 20.3. The molecule has 198 valence electrons. The molecule has 2 amide bonds. The van der Waals surface area contributed by atoms with E-state index in [0.717, 1.165) is 24.6 Å². The van der Waals surface area contributed by atoms with Crippen molar-refractivity contribution in [3.63, 3.8) is 0 Å². The van der Waals surface area contributed by atoms with Gasteiger partial charge in [0.1, 0.15) is 5.82 Å². The molecule has 39 heavy (non-hydrogen) atoms. The molecule has 3 heterocycles. The smallest absolute Gasteiger partial charge is 0.382 e. The summed E-state index contributed by atoms with van der Waals surface area (Å²) < 4.78 is 42.2. The molecule has 0 atom stereocenters. The van der Waals surface area contributed by atoms with Crippen molar-refractivity contribution in [3.8, 4) is 0 Å². The van der Waals surface area contributed by atoms with Gasteiger partial charge in [0, 0.05) is 40.4 Å². The largest absolute Gasteiger partial charge is 0.418 e. The lowest BCUT2D eigenvalue weighted by molar-refractivity contribution is -0.137. The first kappa shape index (κ1) is 24.5. The molecule has 1 saturated heterocycles. The quantitative estimate of drug-likeness (QED) is 0.190. The van der Waals surface area contributed by atoms with Gasteiger partial charge in [-0.05, 0) is 55.3 Å². The van der Waals surface area contributed by atoms with Crippen molar-refractivity contribution in [3.05, 3.63) is 77.6 Å². The summed E-state index contributed by atoms with van der Waals surface area (Å²) in [5, 5.41) is 16.0. The fourth-order valence-electron chi connectivity index (χ4n) is 4.33. The number of para-hydroxylation sites is 1. The van der Waals surface area contributed by atoms with Crippen molar-refractivity contribution in [1.82, 2.24) is 19.9 Å². The van der Waals surface area contributed by atoms with Crippen molar-refractivity contribution in [2.75, 3.05) is 16.0 Å². The summed E-state index contributed by atoms with van der Waals surface area (Å²) in [6.07, 6.45) is 2.37. The molecule has 1 aliphatic heterocycles.